The first-order valence-corrected chi connectivity index (χ1v) is 6.76. The molecule has 20 heavy (non-hydrogen) atoms. The number of carbonyl (C=O) groups excluding carboxylic acids is 2. The number of carbonyl (C=O) groups is 2. The molecule has 0 aliphatic rings. The molecule has 0 unspecified atom stereocenters. The predicted octanol–water partition coefficient (Wildman–Crippen LogP) is 3.01. The molecule has 0 aromatic carbocycles. The van der Waals surface area contributed by atoms with Crippen LogP contribution >= 0.6 is 15.9 Å². The van der Waals surface area contributed by atoms with Crippen LogP contribution in [0.15, 0.2) is 22.9 Å². The first-order valence-electron chi connectivity index (χ1n) is 5.97. The molecule has 0 aliphatic carbocycles. The molecule has 5 nitrogen and oxygen atoms in total. The van der Waals surface area contributed by atoms with Gasteiger partial charge in [-0.1, -0.05) is 20.8 Å². The van der Waals surface area contributed by atoms with Crippen molar-refractivity contribution in [2.45, 2.75) is 20.8 Å². The lowest BCUT2D eigenvalue weighted by molar-refractivity contribution is -0.134. The Morgan fingerprint density at radius 2 is 2.05 bits per heavy atom. The number of aromatic nitrogens is 1. The minimum absolute atomic E-state index is 0.117. The van der Waals surface area contributed by atoms with E-state index in [1.807, 2.05) is 20.8 Å². The number of nitrogens with one attached hydrogen (secondary N) is 1. The van der Waals surface area contributed by atoms with Crippen molar-refractivity contribution in [3.05, 3.63) is 28.5 Å². The van der Waals surface area contributed by atoms with Gasteiger partial charge in [-0.3, -0.25) is 4.79 Å². The van der Waals surface area contributed by atoms with Crippen LogP contribution in [0.25, 0.3) is 6.08 Å². The fourth-order valence-electron chi connectivity index (χ4n) is 1.19. The number of pyridine rings is 1. The quantitative estimate of drug-likeness (QED) is 0.521. The first kappa shape index (κ1) is 16.4. The molecular weight excluding hydrogens is 324 g/mol. The molecule has 1 aromatic rings. The number of anilines is 1. The van der Waals surface area contributed by atoms with Gasteiger partial charge in [0.25, 0.3) is 0 Å². The van der Waals surface area contributed by atoms with E-state index in [-0.39, 0.29) is 5.91 Å². The minimum Gasteiger partial charge on any atom is -0.466 e. The van der Waals surface area contributed by atoms with Gasteiger partial charge in [-0.15, -0.1) is 0 Å². The summed E-state index contributed by atoms with van der Waals surface area (Å²) in [5.41, 5.74) is 0.733. The van der Waals surface area contributed by atoms with E-state index in [2.05, 4.69) is 31.0 Å². The molecule has 1 rings (SSSR count). The number of amides is 1. The van der Waals surface area contributed by atoms with Gasteiger partial charge in [0.05, 0.1) is 12.8 Å². The number of hydrogen-bond donors (Lipinski definition) is 1. The molecule has 0 atom stereocenters. The number of nitrogens with zero attached hydrogens (tertiary/aromatic N) is 1. The Hall–Kier alpha value is -1.69. The summed E-state index contributed by atoms with van der Waals surface area (Å²) >= 11 is 3.28. The summed E-state index contributed by atoms with van der Waals surface area (Å²) < 4.78 is 5.04. The van der Waals surface area contributed by atoms with Crippen molar-refractivity contribution < 1.29 is 14.3 Å². The lowest BCUT2D eigenvalue weighted by Crippen LogP contribution is -2.27. The van der Waals surface area contributed by atoms with Crippen molar-refractivity contribution in [1.82, 2.24) is 4.98 Å². The molecule has 0 radical (unpaired) electrons. The number of rotatable bonds is 3. The zero-order valence-corrected chi connectivity index (χ0v) is 13.4. The van der Waals surface area contributed by atoms with E-state index in [1.54, 1.807) is 18.3 Å². The molecule has 1 N–H and O–H groups in total. The van der Waals surface area contributed by atoms with Gasteiger partial charge in [-0.2, -0.15) is 0 Å². The summed E-state index contributed by atoms with van der Waals surface area (Å²) in [6.07, 6.45) is 4.44. The summed E-state index contributed by atoms with van der Waals surface area (Å²) in [6.45, 7) is 5.47. The van der Waals surface area contributed by atoms with Gasteiger partial charge in [0, 0.05) is 17.7 Å². The van der Waals surface area contributed by atoms with Crippen LogP contribution in [0.2, 0.25) is 0 Å². The maximum Gasteiger partial charge on any atom is 0.330 e. The highest BCUT2D eigenvalue weighted by atomic mass is 79.9. The number of hydrogen-bond acceptors (Lipinski definition) is 4. The average Bonchev–Trinajstić information content (AvgIpc) is 2.38. The van der Waals surface area contributed by atoms with Gasteiger partial charge in [0.1, 0.15) is 4.60 Å². The lowest BCUT2D eigenvalue weighted by Gasteiger charge is -2.18. The van der Waals surface area contributed by atoms with Crippen LogP contribution in [-0.4, -0.2) is 24.0 Å². The minimum atomic E-state index is -0.503. The molecule has 0 fully saturated rings. The Kier molecular flexibility index (Phi) is 5.44. The van der Waals surface area contributed by atoms with Crippen molar-refractivity contribution in [3.63, 3.8) is 0 Å². The van der Waals surface area contributed by atoms with Crippen molar-refractivity contribution in [2.24, 2.45) is 5.41 Å². The van der Waals surface area contributed by atoms with E-state index in [9.17, 15) is 9.59 Å². The lowest BCUT2D eigenvalue weighted by atomic mass is 9.95. The van der Waals surface area contributed by atoms with Crippen molar-refractivity contribution >= 4 is 39.6 Å². The number of esters is 1. The highest BCUT2D eigenvalue weighted by molar-refractivity contribution is 9.10. The van der Waals surface area contributed by atoms with Gasteiger partial charge < -0.3 is 10.1 Å². The fraction of sp³-hybridized carbons (Fsp3) is 0.357. The van der Waals surface area contributed by atoms with Crippen LogP contribution < -0.4 is 5.32 Å². The van der Waals surface area contributed by atoms with Gasteiger partial charge in [-0.05, 0) is 33.6 Å². The van der Waals surface area contributed by atoms with Gasteiger partial charge >= 0.3 is 5.97 Å². The smallest absolute Gasteiger partial charge is 0.330 e. The van der Waals surface area contributed by atoms with E-state index >= 15 is 0 Å². The first-order chi connectivity index (χ1) is 9.24. The Bertz CT molecular complexity index is 548. The van der Waals surface area contributed by atoms with E-state index in [0.29, 0.717) is 15.9 Å². The van der Waals surface area contributed by atoms with Crippen molar-refractivity contribution in [2.75, 3.05) is 12.4 Å². The second-order valence-corrected chi connectivity index (χ2v) is 5.92. The molecule has 1 amide bonds. The third kappa shape index (κ3) is 4.77. The predicted molar refractivity (Wildman–Crippen MR) is 81.1 cm³/mol. The van der Waals surface area contributed by atoms with Crippen LogP contribution in [0.5, 0.6) is 0 Å². The Labute approximate surface area is 126 Å². The second-order valence-electron chi connectivity index (χ2n) is 5.17. The molecule has 0 saturated heterocycles. The monoisotopic (exact) mass is 340 g/mol. The largest absolute Gasteiger partial charge is 0.466 e. The fourth-order valence-corrected chi connectivity index (χ4v) is 1.50. The zero-order valence-electron chi connectivity index (χ0n) is 11.9. The third-order valence-corrected chi connectivity index (χ3v) is 3.03. The summed E-state index contributed by atoms with van der Waals surface area (Å²) in [4.78, 5) is 27.1. The average molecular weight is 341 g/mol. The number of ether oxygens (including phenoxy) is 1. The van der Waals surface area contributed by atoms with Gasteiger partial charge in [-0.25, -0.2) is 9.78 Å². The van der Waals surface area contributed by atoms with Crippen molar-refractivity contribution in [1.29, 1.82) is 0 Å². The van der Waals surface area contributed by atoms with Gasteiger partial charge in [0.2, 0.25) is 5.91 Å². The van der Waals surface area contributed by atoms with Crippen LogP contribution in [0, 0.1) is 5.41 Å². The van der Waals surface area contributed by atoms with Gasteiger partial charge in [0.15, 0.2) is 0 Å². The van der Waals surface area contributed by atoms with Crippen molar-refractivity contribution in [3.8, 4) is 0 Å². The normalized spacial score (nSPS) is 11.4. The van der Waals surface area contributed by atoms with E-state index in [1.165, 1.54) is 13.2 Å². The Balaban J connectivity index is 2.95. The SMILES string of the molecule is COC(=O)/C=C/c1cnc(Br)c(NC(=O)C(C)(C)C)c1. The molecule has 0 saturated carbocycles. The summed E-state index contributed by atoms with van der Waals surface area (Å²) in [5, 5.41) is 2.79. The van der Waals surface area contributed by atoms with E-state index in [0.717, 1.165) is 0 Å². The molecule has 108 valence electrons. The zero-order chi connectivity index (χ0) is 15.3. The van der Waals surface area contributed by atoms with Crippen LogP contribution in [0.4, 0.5) is 5.69 Å². The Morgan fingerprint density at radius 3 is 2.60 bits per heavy atom. The summed E-state index contributed by atoms with van der Waals surface area (Å²) in [7, 11) is 1.31. The number of halogens is 1. The molecule has 6 heteroatoms. The maximum absolute atomic E-state index is 12.0. The standard InChI is InChI=1S/C14H17BrN2O3/c1-14(2,3)13(19)17-10-7-9(8-16-12(10)15)5-6-11(18)20-4/h5-8H,1-4H3,(H,17,19)/b6-5+. The third-order valence-electron chi connectivity index (χ3n) is 2.40. The summed E-state index contributed by atoms with van der Waals surface area (Å²) in [5.74, 6) is -0.567. The molecular formula is C14H17BrN2O3. The number of methoxy groups -OCH3 is 1. The molecule has 0 bridgehead atoms. The highest BCUT2D eigenvalue weighted by Crippen LogP contribution is 2.24. The molecule has 0 aliphatic heterocycles. The second kappa shape index (κ2) is 6.65. The molecule has 1 aromatic heterocycles. The Morgan fingerprint density at radius 1 is 1.40 bits per heavy atom. The van der Waals surface area contributed by atoms with E-state index < -0.39 is 11.4 Å². The molecule has 1 heterocycles. The highest BCUT2D eigenvalue weighted by Gasteiger charge is 2.22. The molecule has 0 spiro atoms. The maximum atomic E-state index is 12.0. The van der Waals surface area contributed by atoms with Crippen LogP contribution in [-0.2, 0) is 14.3 Å². The summed E-state index contributed by atoms with van der Waals surface area (Å²) in [6, 6.07) is 1.72. The van der Waals surface area contributed by atoms with Crippen LogP contribution in [0.1, 0.15) is 26.3 Å². The van der Waals surface area contributed by atoms with E-state index in [4.69, 9.17) is 0 Å². The topological polar surface area (TPSA) is 68.3 Å². The van der Waals surface area contributed by atoms with Crippen LogP contribution in [0.3, 0.4) is 0 Å².